The van der Waals surface area contributed by atoms with Gasteiger partial charge in [-0.25, -0.2) is 0 Å². The fourth-order valence-corrected chi connectivity index (χ4v) is 2.41. The van der Waals surface area contributed by atoms with Gasteiger partial charge >= 0.3 is 0 Å². The van der Waals surface area contributed by atoms with Gasteiger partial charge in [-0.3, -0.25) is 4.90 Å². The molecule has 0 aliphatic rings. The number of benzene rings is 1. The van der Waals surface area contributed by atoms with Gasteiger partial charge in [0.25, 0.3) is 0 Å². The van der Waals surface area contributed by atoms with Crippen molar-refractivity contribution in [2.24, 2.45) is 0 Å². The summed E-state index contributed by atoms with van der Waals surface area (Å²) in [6.45, 7) is 11.6. The Morgan fingerprint density at radius 2 is 1.81 bits per heavy atom. The Morgan fingerprint density at radius 3 is 2.29 bits per heavy atom. The average molecular weight is 295 g/mol. The molecule has 0 bridgehead atoms. The van der Waals surface area contributed by atoms with Crippen LogP contribution in [0.3, 0.4) is 0 Å². The van der Waals surface area contributed by atoms with Crippen molar-refractivity contribution in [2.45, 2.75) is 46.3 Å². The van der Waals surface area contributed by atoms with Crippen molar-refractivity contribution in [1.82, 2.24) is 4.90 Å². The lowest BCUT2D eigenvalue weighted by atomic mass is 10.1. The third-order valence-electron chi connectivity index (χ3n) is 3.36. The molecule has 1 aromatic carbocycles. The lowest BCUT2D eigenvalue weighted by molar-refractivity contribution is 0.0114. The molecule has 0 aliphatic heterocycles. The number of likely N-dealkylation sites (N-methyl/N-ethyl adjacent to an activating group) is 1. The van der Waals surface area contributed by atoms with Crippen LogP contribution in [0.15, 0.2) is 18.2 Å². The highest BCUT2D eigenvalue weighted by molar-refractivity contribution is 5.39. The minimum absolute atomic E-state index is 0.258. The molecule has 0 fully saturated rings. The van der Waals surface area contributed by atoms with E-state index in [1.165, 1.54) is 0 Å². The Labute approximate surface area is 128 Å². The van der Waals surface area contributed by atoms with E-state index < -0.39 is 11.7 Å². The van der Waals surface area contributed by atoms with Crippen LogP contribution in [0.2, 0.25) is 0 Å². The molecule has 1 unspecified atom stereocenters. The summed E-state index contributed by atoms with van der Waals surface area (Å²) < 4.78 is 5.77. The minimum Gasteiger partial charge on any atom is -0.490 e. The van der Waals surface area contributed by atoms with E-state index >= 15 is 0 Å². The molecule has 0 saturated heterocycles. The summed E-state index contributed by atoms with van der Waals surface area (Å²) in [6.07, 6.45) is -0.577. The first-order valence-electron chi connectivity index (χ1n) is 7.54. The van der Waals surface area contributed by atoms with Gasteiger partial charge in [0.15, 0.2) is 0 Å². The van der Waals surface area contributed by atoms with Gasteiger partial charge < -0.3 is 14.9 Å². The van der Waals surface area contributed by atoms with Crippen LogP contribution in [0.1, 0.15) is 31.9 Å². The molecule has 1 aromatic rings. The number of aliphatic hydroxyl groups excluding tert-OH is 1. The van der Waals surface area contributed by atoms with Gasteiger partial charge in [0, 0.05) is 13.1 Å². The fraction of sp³-hybridized carbons (Fsp3) is 0.647. The SMILES string of the molecule is CCN(CC(O)COc1c(C)cccc1C)CC(C)(C)O. The summed E-state index contributed by atoms with van der Waals surface area (Å²) in [5, 5.41) is 20.0. The second kappa shape index (κ2) is 7.78. The van der Waals surface area contributed by atoms with Crippen molar-refractivity contribution in [1.29, 1.82) is 0 Å². The van der Waals surface area contributed by atoms with Gasteiger partial charge in [-0.2, -0.15) is 0 Å². The molecule has 1 rings (SSSR count). The maximum Gasteiger partial charge on any atom is 0.125 e. The highest BCUT2D eigenvalue weighted by Crippen LogP contribution is 2.22. The summed E-state index contributed by atoms with van der Waals surface area (Å²) in [7, 11) is 0. The van der Waals surface area contributed by atoms with E-state index in [0.717, 1.165) is 23.4 Å². The number of aliphatic hydroxyl groups is 2. The number of aryl methyl sites for hydroxylation is 2. The van der Waals surface area contributed by atoms with Gasteiger partial charge in [-0.15, -0.1) is 0 Å². The van der Waals surface area contributed by atoms with Gasteiger partial charge in [-0.05, 0) is 45.4 Å². The van der Waals surface area contributed by atoms with Gasteiger partial charge in [0.05, 0.1) is 5.60 Å². The number of ether oxygens (including phenoxy) is 1. The highest BCUT2D eigenvalue weighted by atomic mass is 16.5. The van der Waals surface area contributed by atoms with Gasteiger partial charge in [0.1, 0.15) is 18.5 Å². The number of hydrogen-bond donors (Lipinski definition) is 2. The minimum atomic E-state index is -0.761. The van der Waals surface area contributed by atoms with Crippen LogP contribution < -0.4 is 4.74 Å². The molecule has 2 N–H and O–H groups in total. The molecule has 0 saturated carbocycles. The van der Waals surface area contributed by atoms with Crippen LogP contribution in [-0.4, -0.2) is 53.1 Å². The highest BCUT2D eigenvalue weighted by Gasteiger charge is 2.19. The van der Waals surface area contributed by atoms with Crippen LogP contribution >= 0.6 is 0 Å². The smallest absolute Gasteiger partial charge is 0.125 e. The molecular weight excluding hydrogens is 266 g/mol. The zero-order valence-electron chi connectivity index (χ0n) is 13.9. The van der Waals surface area contributed by atoms with Crippen molar-refractivity contribution >= 4 is 0 Å². The Morgan fingerprint density at radius 1 is 1.24 bits per heavy atom. The third kappa shape index (κ3) is 6.46. The second-order valence-corrected chi connectivity index (χ2v) is 6.33. The van der Waals surface area contributed by atoms with Crippen molar-refractivity contribution in [3.63, 3.8) is 0 Å². The van der Waals surface area contributed by atoms with Crippen LogP contribution in [0.4, 0.5) is 0 Å². The van der Waals surface area contributed by atoms with Crippen LogP contribution in [0.5, 0.6) is 5.75 Å². The molecular formula is C17H29NO3. The Hall–Kier alpha value is -1.10. The van der Waals surface area contributed by atoms with Crippen LogP contribution in [0, 0.1) is 13.8 Å². The van der Waals surface area contributed by atoms with Crippen LogP contribution in [0.25, 0.3) is 0 Å². The van der Waals surface area contributed by atoms with Gasteiger partial charge in [-0.1, -0.05) is 25.1 Å². The lowest BCUT2D eigenvalue weighted by Crippen LogP contribution is -2.43. The third-order valence-corrected chi connectivity index (χ3v) is 3.36. The van der Waals surface area contributed by atoms with E-state index in [2.05, 4.69) is 0 Å². The molecule has 0 spiro atoms. The maximum absolute atomic E-state index is 10.1. The van der Waals surface area contributed by atoms with E-state index in [-0.39, 0.29) is 6.61 Å². The van der Waals surface area contributed by atoms with E-state index in [1.54, 1.807) is 13.8 Å². The monoisotopic (exact) mass is 295 g/mol. The Balaban J connectivity index is 2.51. The summed E-state index contributed by atoms with van der Waals surface area (Å²) >= 11 is 0. The summed E-state index contributed by atoms with van der Waals surface area (Å²) in [5.74, 6) is 0.849. The second-order valence-electron chi connectivity index (χ2n) is 6.33. The molecule has 0 heterocycles. The quantitative estimate of drug-likeness (QED) is 0.771. The van der Waals surface area contributed by atoms with Crippen molar-refractivity contribution in [2.75, 3.05) is 26.2 Å². The van der Waals surface area contributed by atoms with E-state index in [0.29, 0.717) is 13.1 Å². The van der Waals surface area contributed by atoms with Crippen LogP contribution in [-0.2, 0) is 0 Å². The Bertz CT molecular complexity index is 420. The normalized spacial score (nSPS) is 13.5. The molecule has 0 aromatic heterocycles. The molecule has 0 radical (unpaired) electrons. The van der Waals surface area contributed by atoms with Gasteiger partial charge in [0.2, 0.25) is 0 Å². The number of para-hydroxylation sites is 1. The van der Waals surface area contributed by atoms with Crippen molar-refractivity contribution in [3.8, 4) is 5.75 Å². The molecule has 21 heavy (non-hydrogen) atoms. The van der Waals surface area contributed by atoms with E-state index in [9.17, 15) is 10.2 Å². The first-order chi connectivity index (χ1) is 9.73. The largest absolute Gasteiger partial charge is 0.490 e. The molecule has 0 aliphatic carbocycles. The number of hydrogen-bond acceptors (Lipinski definition) is 4. The summed E-state index contributed by atoms with van der Waals surface area (Å²) in [5.41, 5.74) is 1.39. The first kappa shape index (κ1) is 18.0. The maximum atomic E-state index is 10.1. The van der Waals surface area contributed by atoms with E-state index in [1.807, 2.05) is 43.9 Å². The average Bonchev–Trinajstić information content (AvgIpc) is 2.35. The molecule has 4 heteroatoms. The molecule has 4 nitrogen and oxygen atoms in total. The first-order valence-corrected chi connectivity index (χ1v) is 7.54. The fourth-order valence-electron chi connectivity index (χ4n) is 2.41. The predicted molar refractivity (Wildman–Crippen MR) is 85.8 cm³/mol. The molecule has 0 amide bonds. The summed E-state index contributed by atoms with van der Waals surface area (Å²) in [4.78, 5) is 2.03. The molecule has 1 atom stereocenters. The topological polar surface area (TPSA) is 52.9 Å². The lowest BCUT2D eigenvalue weighted by Gasteiger charge is -2.29. The van der Waals surface area contributed by atoms with Crippen molar-refractivity contribution < 1.29 is 14.9 Å². The zero-order valence-corrected chi connectivity index (χ0v) is 13.9. The van der Waals surface area contributed by atoms with E-state index in [4.69, 9.17) is 4.74 Å². The zero-order chi connectivity index (χ0) is 16.0. The standard InChI is InChI=1S/C17H29NO3/c1-6-18(12-17(4,5)20)10-15(19)11-21-16-13(2)8-7-9-14(16)3/h7-9,15,19-20H,6,10-12H2,1-5H3. The number of rotatable bonds is 8. The predicted octanol–water partition coefficient (Wildman–Crippen LogP) is 2.14. The Kier molecular flexibility index (Phi) is 6.65. The summed E-state index contributed by atoms with van der Waals surface area (Å²) in [6, 6.07) is 6.00. The number of nitrogens with zero attached hydrogens (tertiary/aromatic N) is 1. The van der Waals surface area contributed by atoms with Crippen molar-refractivity contribution in [3.05, 3.63) is 29.3 Å². The molecule has 120 valence electrons.